The number of esters is 1. The van der Waals surface area contributed by atoms with Crippen LogP contribution >= 0.6 is 0 Å². The van der Waals surface area contributed by atoms with Crippen molar-refractivity contribution in [2.24, 2.45) is 5.41 Å². The number of rotatable bonds is 6. The molecule has 0 saturated heterocycles. The van der Waals surface area contributed by atoms with Gasteiger partial charge in [0.15, 0.2) is 0 Å². The first-order chi connectivity index (χ1) is 8.71. The van der Waals surface area contributed by atoms with E-state index in [4.69, 9.17) is 4.74 Å². The Labute approximate surface area is 117 Å². The van der Waals surface area contributed by atoms with Crippen molar-refractivity contribution in [3.05, 3.63) is 12.7 Å². The molecule has 0 aliphatic heterocycles. The summed E-state index contributed by atoms with van der Waals surface area (Å²) < 4.78 is 4.89. The highest BCUT2D eigenvalue weighted by Gasteiger charge is 2.26. The van der Waals surface area contributed by atoms with Crippen LogP contribution in [0.25, 0.3) is 0 Å². The van der Waals surface area contributed by atoms with Gasteiger partial charge < -0.3 is 10.1 Å². The summed E-state index contributed by atoms with van der Waals surface area (Å²) in [5.74, 6) is -0.0979. The normalized spacial score (nSPS) is 11.7. The Morgan fingerprint density at radius 2 is 1.89 bits per heavy atom. The van der Waals surface area contributed by atoms with Crippen LogP contribution in [-0.2, 0) is 14.3 Å². The number of hydrogen-bond acceptors (Lipinski definition) is 3. The van der Waals surface area contributed by atoms with E-state index in [1.54, 1.807) is 6.08 Å². The van der Waals surface area contributed by atoms with Crippen molar-refractivity contribution in [3.8, 4) is 0 Å². The molecular weight excluding hydrogens is 242 g/mol. The van der Waals surface area contributed by atoms with Gasteiger partial charge in [0.2, 0.25) is 5.91 Å². The summed E-state index contributed by atoms with van der Waals surface area (Å²) in [6.07, 6.45) is 3.37. The first-order valence-corrected chi connectivity index (χ1v) is 6.76. The lowest BCUT2D eigenvalue weighted by Crippen LogP contribution is -2.29. The molecule has 0 saturated carbocycles. The van der Waals surface area contributed by atoms with E-state index in [0.29, 0.717) is 12.6 Å². The van der Waals surface area contributed by atoms with Crippen molar-refractivity contribution in [1.29, 1.82) is 0 Å². The highest BCUT2D eigenvalue weighted by molar-refractivity contribution is 5.75. The monoisotopic (exact) mass is 271 g/mol. The third-order valence-electron chi connectivity index (χ3n) is 2.83. The lowest BCUT2D eigenvalue weighted by Gasteiger charge is -2.19. The molecule has 0 aromatic rings. The molecule has 1 unspecified atom stereocenters. The van der Waals surface area contributed by atoms with Gasteiger partial charge in [0.25, 0.3) is 0 Å². The van der Waals surface area contributed by atoms with Gasteiger partial charge in [-0.05, 0) is 33.6 Å². The van der Waals surface area contributed by atoms with Gasteiger partial charge in [-0.2, -0.15) is 0 Å². The fraction of sp³-hybridized carbons (Fsp3) is 0.733. The third-order valence-corrected chi connectivity index (χ3v) is 2.83. The third kappa shape index (κ3) is 11.5. The number of amides is 1. The van der Waals surface area contributed by atoms with Crippen LogP contribution in [0.2, 0.25) is 0 Å². The second-order valence-electron chi connectivity index (χ2n) is 5.13. The first-order valence-electron chi connectivity index (χ1n) is 6.76. The van der Waals surface area contributed by atoms with Crippen molar-refractivity contribution in [3.63, 3.8) is 0 Å². The lowest BCUT2D eigenvalue weighted by atomic mass is 9.91. The van der Waals surface area contributed by atoms with E-state index in [2.05, 4.69) is 11.9 Å². The number of ether oxygens (including phenoxy) is 1. The number of nitrogens with one attached hydrogen (secondary N) is 1. The van der Waals surface area contributed by atoms with Gasteiger partial charge in [-0.3, -0.25) is 9.59 Å². The second kappa shape index (κ2) is 10.6. The Morgan fingerprint density at radius 1 is 1.37 bits per heavy atom. The molecular formula is C15H29NO3. The largest absolute Gasteiger partial charge is 0.461 e. The molecule has 4 nitrogen and oxygen atoms in total. The Morgan fingerprint density at radius 3 is 2.16 bits per heavy atom. The first kappa shape index (κ1) is 20.0. The van der Waals surface area contributed by atoms with Crippen molar-refractivity contribution in [2.75, 3.05) is 6.61 Å². The zero-order chi connectivity index (χ0) is 15.5. The molecule has 1 N–H and O–H groups in total. The van der Waals surface area contributed by atoms with Crippen LogP contribution in [-0.4, -0.2) is 24.5 Å². The van der Waals surface area contributed by atoms with Crippen LogP contribution in [0.3, 0.4) is 0 Å². The Kier molecular flexibility index (Phi) is 11.1. The minimum atomic E-state index is -0.358. The van der Waals surface area contributed by atoms with Crippen molar-refractivity contribution >= 4 is 11.9 Å². The van der Waals surface area contributed by atoms with Gasteiger partial charge in [0, 0.05) is 13.0 Å². The summed E-state index contributed by atoms with van der Waals surface area (Å²) in [4.78, 5) is 21.5. The molecule has 19 heavy (non-hydrogen) atoms. The van der Waals surface area contributed by atoms with Crippen LogP contribution in [0.5, 0.6) is 0 Å². The topological polar surface area (TPSA) is 55.4 Å². The molecule has 0 heterocycles. The van der Waals surface area contributed by atoms with Crippen molar-refractivity contribution in [2.45, 2.75) is 60.4 Å². The molecule has 0 aromatic carbocycles. The van der Waals surface area contributed by atoms with Crippen LogP contribution in [0.4, 0.5) is 0 Å². The van der Waals surface area contributed by atoms with Gasteiger partial charge in [0.05, 0.1) is 5.41 Å². The highest BCUT2D eigenvalue weighted by Crippen LogP contribution is 2.21. The fourth-order valence-corrected chi connectivity index (χ4v) is 0.923. The van der Waals surface area contributed by atoms with Gasteiger partial charge in [-0.25, -0.2) is 0 Å². The molecule has 1 amide bonds. The predicted molar refractivity (Wildman–Crippen MR) is 78.8 cm³/mol. The molecule has 0 rings (SSSR count). The maximum atomic E-state index is 11.2. The van der Waals surface area contributed by atoms with E-state index in [0.717, 1.165) is 12.8 Å². The Hall–Kier alpha value is -1.32. The fourth-order valence-electron chi connectivity index (χ4n) is 0.923. The minimum absolute atomic E-state index is 0.0550. The molecule has 0 spiro atoms. The van der Waals surface area contributed by atoms with Gasteiger partial charge in [-0.15, -0.1) is 0 Å². The van der Waals surface area contributed by atoms with E-state index in [-0.39, 0.29) is 17.3 Å². The Bertz CT molecular complexity index is 285. The minimum Gasteiger partial charge on any atom is -0.461 e. The van der Waals surface area contributed by atoms with Gasteiger partial charge >= 0.3 is 5.97 Å². The zero-order valence-electron chi connectivity index (χ0n) is 13.2. The van der Waals surface area contributed by atoms with E-state index in [9.17, 15) is 9.59 Å². The maximum Gasteiger partial charge on any atom is 0.311 e. The molecule has 0 aromatic heterocycles. The summed E-state index contributed by atoms with van der Waals surface area (Å²) in [5, 5.41) is 2.75. The zero-order valence-corrected chi connectivity index (χ0v) is 13.2. The standard InChI is InChI=1S/C9H16O2.C6H13NO/c1-5-7-11-8(10)9(3,4)6-2;1-4-5(2)7-6(3)8/h5H,1,6-7H2,2-4H3;5H,4H2,1-3H3,(H,7,8). The summed E-state index contributed by atoms with van der Waals surface area (Å²) in [7, 11) is 0. The van der Waals surface area contributed by atoms with Crippen LogP contribution in [0.15, 0.2) is 12.7 Å². The molecule has 1 atom stereocenters. The summed E-state index contributed by atoms with van der Waals surface area (Å²) in [6.45, 7) is 15.0. The quantitative estimate of drug-likeness (QED) is 0.596. The highest BCUT2D eigenvalue weighted by atomic mass is 16.5. The molecule has 0 bridgehead atoms. The number of carbonyl (C=O) groups is 2. The molecule has 0 fully saturated rings. The number of hydrogen-bond donors (Lipinski definition) is 1. The maximum absolute atomic E-state index is 11.2. The SMILES string of the molecule is C=CCOC(=O)C(C)(C)CC.CCC(C)NC(C)=O. The van der Waals surface area contributed by atoms with Gasteiger partial charge in [0.1, 0.15) is 6.61 Å². The van der Waals surface area contributed by atoms with Crippen molar-refractivity contribution in [1.82, 2.24) is 5.32 Å². The van der Waals surface area contributed by atoms with E-state index >= 15 is 0 Å². The van der Waals surface area contributed by atoms with E-state index < -0.39 is 0 Å². The number of carbonyl (C=O) groups excluding carboxylic acids is 2. The van der Waals surface area contributed by atoms with E-state index in [1.807, 2.05) is 34.6 Å². The van der Waals surface area contributed by atoms with E-state index in [1.165, 1.54) is 6.92 Å². The molecule has 0 radical (unpaired) electrons. The average molecular weight is 271 g/mol. The van der Waals surface area contributed by atoms with Gasteiger partial charge in [-0.1, -0.05) is 26.5 Å². The smallest absolute Gasteiger partial charge is 0.311 e. The Balaban J connectivity index is 0. The molecule has 112 valence electrons. The van der Waals surface area contributed by atoms with Crippen LogP contribution in [0, 0.1) is 5.41 Å². The molecule has 0 aliphatic rings. The molecule has 0 aliphatic carbocycles. The lowest BCUT2D eigenvalue weighted by molar-refractivity contribution is -0.152. The van der Waals surface area contributed by atoms with Crippen LogP contribution < -0.4 is 5.32 Å². The predicted octanol–water partition coefficient (Wildman–Crippen LogP) is 3.07. The summed E-state index contributed by atoms with van der Waals surface area (Å²) in [5.41, 5.74) is -0.358. The molecule has 4 heteroatoms. The summed E-state index contributed by atoms with van der Waals surface area (Å²) in [6, 6.07) is 0.326. The average Bonchev–Trinajstić information content (AvgIpc) is 2.35. The van der Waals surface area contributed by atoms with Crippen LogP contribution in [0.1, 0.15) is 54.4 Å². The second-order valence-corrected chi connectivity index (χ2v) is 5.13. The van der Waals surface area contributed by atoms with Crippen molar-refractivity contribution < 1.29 is 14.3 Å². The summed E-state index contributed by atoms with van der Waals surface area (Å²) >= 11 is 0.